The number of nitrogens with one attached hydrogen (secondary N) is 2. The third kappa shape index (κ3) is 4.44. The van der Waals surface area contributed by atoms with Crippen molar-refractivity contribution in [3.05, 3.63) is 186 Å². The Morgan fingerprint density at radius 3 is 1.92 bits per heavy atom. The Kier molecular flexibility index (Phi) is 6.43. The van der Waals surface area contributed by atoms with Crippen LogP contribution in [0.15, 0.2) is 169 Å². The minimum absolute atomic E-state index is 0.114. The summed E-state index contributed by atoms with van der Waals surface area (Å²) in [7, 11) is 0. The third-order valence-electron chi connectivity index (χ3n) is 11.6. The Morgan fingerprint density at radius 2 is 1.17 bits per heavy atom. The van der Waals surface area contributed by atoms with Crippen molar-refractivity contribution in [3.8, 4) is 16.8 Å². The molecule has 2 aliphatic rings. The van der Waals surface area contributed by atoms with E-state index in [1.807, 2.05) is 0 Å². The maximum absolute atomic E-state index is 5.54. The number of aromatic nitrogens is 2. The van der Waals surface area contributed by atoms with Gasteiger partial charge in [-0.2, -0.15) is 0 Å². The summed E-state index contributed by atoms with van der Waals surface area (Å²) in [5.41, 5.74) is 13.3. The quantitative estimate of drug-likeness (QED) is 0.194. The molecule has 0 bridgehead atoms. The summed E-state index contributed by atoms with van der Waals surface area (Å²) >= 11 is 0. The second-order valence-electron chi connectivity index (χ2n) is 14.9. The van der Waals surface area contributed by atoms with Crippen molar-refractivity contribution in [1.82, 2.24) is 19.8 Å². The van der Waals surface area contributed by atoms with E-state index in [0.29, 0.717) is 0 Å². The summed E-state index contributed by atoms with van der Waals surface area (Å²) in [5, 5.41) is 12.7. The zero-order valence-corrected chi connectivity index (χ0v) is 29.6. The first-order valence-electron chi connectivity index (χ1n) is 18.5. The fraction of sp³-hybridized carbons (Fsp3) is 0.104. The third-order valence-corrected chi connectivity index (χ3v) is 11.6. The first-order chi connectivity index (χ1) is 26.0. The topological polar surface area (TPSA) is 46.3 Å². The van der Waals surface area contributed by atoms with Crippen molar-refractivity contribution < 1.29 is 0 Å². The number of hydrogen-bond acceptors (Lipinski definition) is 3. The SMILES string of the molecule is CC1(C)c2ccccc2-c2cc3c4ccccc4n(C4N=C(c5cccc(-n6c7ccccc7c7ccccc76)c5)NC(c5ccccc5)N4)c3cc21. The maximum Gasteiger partial charge on any atom is 0.184 e. The second-order valence-corrected chi connectivity index (χ2v) is 14.9. The molecule has 1 aliphatic carbocycles. The predicted molar refractivity (Wildman–Crippen MR) is 219 cm³/mol. The Balaban J connectivity index is 1.12. The molecular weight excluding hydrogens is 647 g/mol. The van der Waals surface area contributed by atoms with E-state index >= 15 is 0 Å². The summed E-state index contributed by atoms with van der Waals surface area (Å²) < 4.78 is 4.78. The standard InChI is InChI=1S/C48H37N5/c1-48(2)39-23-10-6-19-33(39)37-28-38-36-22-9-13-26-43(36)53(44(38)29-40(37)48)47-50-45(30-15-4-3-5-16-30)49-46(51-47)31-17-14-18-32(27-31)52-41-24-11-7-20-34(41)35-21-8-12-25-42(35)52/h3-29,45,47,50H,1-2H3,(H,49,51). The molecule has 2 atom stereocenters. The molecule has 0 saturated carbocycles. The van der Waals surface area contributed by atoms with Gasteiger partial charge in [0.1, 0.15) is 12.0 Å². The zero-order valence-electron chi connectivity index (χ0n) is 29.6. The molecule has 5 heteroatoms. The average Bonchev–Trinajstić information content (AvgIpc) is 3.80. The molecule has 0 fully saturated rings. The van der Waals surface area contributed by atoms with Crippen molar-refractivity contribution in [2.75, 3.05) is 0 Å². The molecule has 0 saturated heterocycles. The zero-order chi connectivity index (χ0) is 35.3. The molecule has 9 aromatic rings. The number of hydrogen-bond donors (Lipinski definition) is 2. The number of amidine groups is 1. The molecule has 254 valence electrons. The Morgan fingerprint density at radius 1 is 0.528 bits per heavy atom. The molecule has 0 radical (unpaired) electrons. The minimum atomic E-state index is -0.374. The first-order valence-corrected chi connectivity index (χ1v) is 18.5. The van der Waals surface area contributed by atoms with Crippen LogP contribution in [-0.2, 0) is 5.41 Å². The van der Waals surface area contributed by atoms with Crippen molar-refractivity contribution in [3.63, 3.8) is 0 Å². The average molecular weight is 684 g/mol. The van der Waals surface area contributed by atoms with E-state index in [9.17, 15) is 0 Å². The van der Waals surface area contributed by atoms with Gasteiger partial charge in [-0.15, -0.1) is 0 Å². The predicted octanol–water partition coefficient (Wildman–Crippen LogP) is 11.0. The van der Waals surface area contributed by atoms with Crippen LogP contribution in [0.1, 0.15) is 48.6 Å². The summed E-state index contributed by atoms with van der Waals surface area (Å²) in [5.74, 6) is 0.852. The van der Waals surface area contributed by atoms with Gasteiger partial charge in [0, 0.05) is 38.2 Å². The van der Waals surface area contributed by atoms with Crippen LogP contribution < -0.4 is 10.6 Å². The molecule has 0 spiro atoms. The summed E-state index contributed by atoms with van der Waals surface area (Å²) in [6.07, 6.45) is -0.544. The van der Waals surface area contributed by atoms with Gasteiger partial charge in [-0.05, 0) is 70.3 Å². The monoisotopic (exact) mass is 683 g/mol. The molecule has 1 aliphatic heterocycles. The van der Waals surface area contributed by atoms with Crippen molar-refractivity contribution in [2.24, 2.45) is 4.99 Å². The highest BCUT2D eigenvalue weighted by atomic mass is 15.4. The number of rotatable bonds is 4. The lowest BCUT2D eigenvalue weighted by Gasteiger charge is -2.33. The summed E-state index contributed by atoms with van der Waals surface area (Å²) in [6, 6.07) is 59.3. The van der Waals surface area contributed by atoms with Crippen molar-refractivity contribution >= 4 is 49.4 Å². The highest BCUT2D eigenvalue weighted by Crippen LogP contribution is 2.51. The number of para-hydroxylation sites is 3. The molecule has 2 unspecified atom stereocenters. The van der Waals surface area contributed by atoms with Crippen LogP contribution in [0.4, 0.5) is 0 Å². The van der Waals surface area contributed by atoms with Gasteiger partial charge in [-0.3, -0.25) is 5.32 Å². The summed E-state index contributed by atoms with van der Waals surface area (Å²) in [4.78, 5) is 5.54. The molecule has 5 nitrogen and oxygen atoms in total. The van der Waals surface area contributed by atoms with Gasteiger partial charge in [-0.1, -0.05) is 135 Å². The second kappa shape index (κ2) is 11.3. The van der Waals surface area contributed by atoms with Gasteiger partial charge < -0.3 is 14.5 Å². The molecule has 2 N–H and O–H groups in total. The summed E-state index contributed by atoms with van der Waals surface area (Å²) in [6.45, 7) is 4.70. The molecule has 3 heterocycles. The van der Waals surface area contributed by atoms with Crippen LogP contribution in [0.3, 0.4) is 0 Å². The molecule has 11 rings (SSSR count). The first kappa shape index (κ1) is 30.2. The fourth-order valence-electron chi connectivity index (χ4n) is 9.09. The van der Waals surface area contributed by atoms with E-state index in [1.54, 1.807) is 0 Å². The number of benzene rings is 7. The lowest BCUT2D eigenvalue weighted by molar-refractivity contribution is 0.341. The van der Waals surface area contributed by atoms with E-state index in [4.69, 9.17) is 4.99 Å². The van der Waals surface area contributed by atoms with Gasteiger partial charge in [-0.25, -0.2) is 4.99 Å². The minimum Gasteiger partial charge on any atom is -0.350 e. The van der Waals surface area contributed by atoms with Gasteiger partial charge in [0.05, 0.1) is 22.1 Å². The van der Waals surface area contributed by atoms with Crippen LogP contribution in [0.25, 0.3) is 60.4 Å². The van der Waals surface area contributed by atoms with Gasteiger partial charge in [0.2, 0.25) is 0 Å². The van der Waals surface area contributed by atoms with Crippen LogP contribution >= 0.6 is 0 Å². The smallest absolute Gasteiger partial charge is 0.184 e. The van der Waals surface area contributed by atoms with Crippen molar-refractivity contribution in [2.45, 2.75) is 31.7 Å². The number of aliphatic imine (C=N–C) groups is 1. The lowest BCUT2D eigenvalue weighted by atomic mass is 9.82. The van der Waals surface area contributed by atoms with Gasteiger partial charge in [0.25, 0.3) is 0 Å². The fourth-order valence-corrected chi connectivity index (χ4v) is 9.09. The van der Waals surface area contributed by atoms with Crippen LogP contribution in [0.5, 0.6) is 0 Å². The highest BCUT2D eigenvalue weighted by molar-refractivity contribution is 6.11. The van der Waals surface area contributed by atoms with E-state index in [1.165, 1.54) is 60.3 Å². The molecule has 0 amide bonds. The van der Waals surface area contributed by atoms with E-state index < -0.39 is 0 Å². The molecule has 2 aromatic heterocycles. The van der Waals surface area contributed by atoms with E-state index in [0.717, 1.165) is 28.2 Å². The number of fused-ring (bicyclic) bond motifs is 9. The van der Waals surface area contributed by atoms with Gasteiger partial charge >= 0.3 is 0 Å². The van der Waals surface area contributed by atoms with Crippen LogP contribution in [0.2, 0.25) is 0 Å². The number of nitrogens with zero attached hydrogens (tertiary/aromatic N) is 3. The Hall–Kier alpha value is -6.43. The van der Waals surface area contributed by atoms with Gasteiger partial charge in [0.15, 0.2) is 6.29 Å². The van der Waals surface area contributed by atoms with Crippen molar-refractivity contribution in [1.29, 1.82) is 0 Å². The molecule has 53 heavy (non-hydrogen) atoms. The Labute approximate surface area is 307 Å². The van der Waals surface area contributed by atoms with E-state index in [-0.39, 0.29) is 17.9 Å². The normalized spacial score (nSPS) is 17.6. The maximum atomic E-state index is 5.54. The van der Waals surface area contributed by atoms with Crippen LogP contribution in [-0.4, -0.2) is 15.0 Å². The Bertz CT molecular complexity index is 2890. The largest absolute Gasteiger partial charge is 0.350 e. The van der Waals surface area contributed by atoms with Crippen LogP contribution in [0, 0.1) is 0 Å². The molecular formula is C48H37N5. The van der Waals surface area contributed by atoms with E-state index in [2.05, 4.69) is 197 Å². The lowest BCUT2D eigenvalue weighted by Crippen LogP contribution is -2.46. The molecule has 7 aromatic carbocycles. The highest BCUT2D eigenvalue weighted by Gasteiger charge is 2.37.